The molecular weight excluding hydrogens is 286 g/mol. The Morgan fingerprint density at radius 3 is 2.91 bits per heavy atom. The first kappa shape index (κ1) is 17.8. The number of benzene rings is 1. The lowest BCUT2D eigenvalue weighted by Gasteiger charge is -2.32. The molecule has 128 valence electrons. The van der Waals surface area contributed by atoms with E-state index in [2.05, 4.69) is 60.3 Å². The first-order valence-electron chi connectivity index (χ1n) is 8.88. The van der Waals surface area contributed by atoms with E-state index in [0.717, 1.165) is 26.1 Å². The van der Waals surface area contributed by atoms with Crippen molar-refractivity contribution in [3.05, 3.63) is 29.8 Å². The van der Waals surface area contributed by atoms with E-state index in [9.17, 15) is 4.79 Å². The van der Waals surface area contributed by atoms with Crippen LogP contribution in [0.25, 0.3) is 0 Å². The molecule has 1 fully saturated rings. The fourth-order valence-corrected chi connectivity index (χ4v) is 3.31. The van der Waals surface area contributed by atoms with Gasteiger partial charge in [0.25, 0.3) is 0 Å². The molecule has 1 heterocycles. The van der Waals surface area contributed by atoms with Crippen molar-refractivity contribution in [3.8, 4) is 0 Å². The van der Waals surface area contributed by atoms with Crippen LogP contribution in [0.2, 0.25) is 0 Å². The first-order valence-corrected chi connectivity index (χ1v) is 8.88. The summed E-state index contributed by atoms with van der Waals surface area (Å²) < 4.78 is 0. The largest absolute Gasteiger partial charge is 0.370 e. The quantitative estimate of drug-likeness (QED) is 0.840. The molecule has 0 unspecified atom stereocenters. The Morgan fingerprint density at radius 1 is 1.39 bits per heavy atom. The van der Waals surface area contributed by atoms with E-state index < -0.39 is 0 Å². The zero-order valence-electron chi connectivity index (χ0n) is 14.8. The third kappa shape index (κ3) is 5.54. The Labute approximate surface area is 140 Å². The number of piperidine rings is 1. The highest BCUT2D eigenvalue weighted by Gasteiger charge is 2.21. The second kappa shape index (κ2) is 8.92. The van der Waals surface area contributed by atoms with Gasteiger partial charge in [0.15, 0.2) is 0 Å². The molecule has 0 spiro atoms. The standard InChI is InChI=1S/C19H31N3O/c1-4-22(18-10-7-8-16(2)14-18)13-11-20-19(23)15-17-9-5-6-12-21(17)3/h7-8,10,14,17H,4-6,9,11-13,15H2,1-3H3,(H,20,23)/t17-/m0/s1. The molecule has 1 aromatic rings. The SMILES string of the molecule is CCN(CCNC(=O)C[C@@H]1CCCCN1C)c1cccc(C)c1. The normalized spacial score (nSPS) is 18.7. The highest BCUT2D eigenvalue weighted by Crippen LogP contribution is 2.18. The fraction of sp³-hybridized carbons (Fsp3) is 0.632. The molecule has 2 rings (SSSR count). The molecule has 1 saturated heterocycles. The molecule has 0 aliphatic carbocycles. The van der Waals surface area contributed by atoms with Crippen LogP contribution >= 0.6 is 0 Å². The molecule has 0 saturated carbocycles. The number of likely N-dealkylation sites (N-methyl/N-ethyl adjacent to an activating group) is 1. The summed E-state index contributed by atoms with van der Waals surface area (Å²) >= 11 is 0. The van der Waals surface area contributed by atoms with Gasteiger partial charge in [0, 0.05) is 37.8 Å². The van der Waals surface area contributed by atoms with Crippen molar-refractivity contribution in [1.29, 1.82) is 0 Å². The number of carbonyl (C=O) groups is 1. The molecule has 1 aliphatic heterocycles. The number of likely N-dealkylation sites (tertiary alicyclic amines) is 1. The fourth-order valence-electron chi connectivity index (χ4n) is 3.31. The summed E-state index contributed by atoms with van der Waals surface area (Å²) in [5, 5.41) is 3.09. The third-order valence-corrected chi connectivity index (χ3v) is 4.79. The Bertz CT molecular complexity index is 503. The predicted octanol–water partition coefficient (Wildman–Crippen LogP) is 2.81. The molecule has 0 aromatic heterocycles. The van der Waals surface area contributed by atoms with Gasteiger partial charge in [0.1, 0.15) is 0 Å². The Morgan fingerprint density at radius 2 is 2.22 bits per heavy atom. The van der Waals surface area contributed by atoms with Crippen LogP contribution in [0.4, 0.5) is 5.69 Å². The van der Waals surface area contributed by atoms with Crippen LogP contribution in [-0.2, 0) is 4.79 Å². The molecule has 1 atom stereocenters. The maximum Gasteiger partial charge on any atom is 0.221 e. The molecule has 4 nitrogen and oxygen atoms in total. The van der Waals surface area contributed by atoms with E-state index in [1.54, 1.807) is 0 Å². The molecule has 23 heavy (non-hydrogen) atoms. The van der Waals surface area contributed by atoms with Crippen molar-refractivity contribution in [2.24, 2.45) is 0 Å². The van der Waals surface area contributed by atoms with E-state index in [0.29, 0.717) is 19.0 Å². The van der Waals surface area contributed by atoms with E-state index in [1.807, 2.05) is 0 Å². The highest BCUT2D eigenvalue weighted by molar-refractivity contribution is 5.76. The van der Waals surface area contributed by atoms with Crippen LogP contribution in [0.1, 0.15) is 38.2 Å². The average molecular weight is 317 g/mol. The maximum atomic E-state index is 12.2. The van der Waals surface area contributed by atoms with Gasteiger partial charge < -0.3 is 15.1 Å². The number of hydrogen-bond donors (Lipinski definition) is 1. The molecule has 1 N–H and O–H groups in total. The molecule has 0 radical (unpaired) electrons. The second-order valence-electron chi connectivity index (χ2n) is 6.60. The Kier molecular flexibility index (Phi) is 6.90. The number of carbonyl (C=O) groups excluding carboxylic acids is 1. The minimum absolute atomic E-state index is 0.184. The van der Waals surface area contributed by atoms with E-state index in [4.69, 9.17) is 0 Å². The van der Waals surface area contributed by atoms with Crippen molar-refractivity contribution in [3.63, 3.8) is 0 Å². The zero-order valence-corrected chi connectivity index (χ0v) is 14.8. The lowest BCUT2D eigenvalue weighted by atomic mass is 10.00. The van der Waals surface area contributed by atoms with Gasteiger partial charge in [0.05, 0.1) is 0 Å². The van der Waals surface area contributed by atoms with Crippen LogP contribution in [0.15, 0.2) is 24.3 Å². The van der Waals surface area contributed by atoms with Crippen LogP contribution in [0.3, 0.4) is 0 Å². The van der Waals surface area contributed by atoms with Gasteiger partial charge >= 0.3 is 0 Å². The Balaban J connectivity index is 1.75. The molecule has 4 heteroatoms. The van der Waals surface area contributed by atoms with Gasteiger partial charge in [-0.2, -0.15) is 0 Å². The van der Waals surface area contributed by atoms with Crippen molar-refractivity contribution in [2.45, 2.75) is 45.6 Å². The Hall–Kier alpha value is -1.55. The van der Waals surface area contributed by atoms with Crippen molar-refractivity contribution in [1.82, 2.24) is 10.2 Å². The predicted molar refractivity (Wildman–Crippen MR) is 97.0 cm³/mol. The lowest BCUT2D eigenvalue weighted by molar-refractivity contribution is -0.122. The van der Waals surface area contributed by atoms with Crippen molar-refractivity contribution >= 4 is 11.6 Å². The monoisotopic (exact) mass is 317 g/mol. The third-order valence-electron chi connectivity index (χ3n) is 4.79. The first-order chi connectivity index (χ1) is 11.1. The molecule has 0 bridgehead atoms. The van der Waals surface area contributed by atoms with Crippen LogP contribution in [0.5, 0.6) is 0 Å². The topological polar surface area (TPSA) is 35.6 Å². The molecule has 1 aromatic carbocycles. The summed E-state index contributed by atoms with van der Waals surface area (Å²) in [6.07, 6.45) is 4.29. The summed E-state index contributed by atoms with van der Waals surface area (Å²) in [5.41, 5.74) is 2.50. The zero-order chi connectivity index (χ0) is 16.7. The highest BCUT2D eigenvalue weighted by atomic mass is 16.1. The number of aryl methyl sites for hydroxylation is 1. The minimum Gasteiger partial charge on any atom is -0.370 e. The van der Waals surface area contributed by atoms with E-state index in [-0.39, 0.29) is 5.91 Å². The van der Waals surface area contributed by atoms with Crippen LogP contribution < -0.4 is 10.2 Å². The van der Waals surface area contributed by atoms with E-state index >= 15 is 0 Å². The van der Waals surface area contributed by atoms with Gasteiger partial charge in [-0.25, -0.2) is 0 Å². The maximum absolute atomic E-state index is 12.2. The summed E-state index contributed by atoms with van der Waals surface area (Å²) in [4.78, 5) is 16.8. The van der Waals surface area contributed by atoms with Gasteiger partial charge in [0.2, 0.25) is 5.91 Å². The van der Waals surface area contributed by atoms with E-state index in [1.165, 1.54) is 24.1 Å². The number of anilines is 1. The number of nitrogens with zero attached hydrogens (tertiary/aromatic N) is 2. The average Bonchev–Trinajstić information content (AvgIpc) is 2.54. The molecular formula is C19H31N3O. The van der Waals surface area contributed by atoms with Crippen LogP contribution in [-0.4, -0.2) is 50.1 Å². The number of rotatable bonds is 7. The van der Waals surface area contributed by atoms with Crippen molar-refractivity contribution < 1.29 is 4.79 Å². The van der Waals surface area contributed by atoms with Gasteiger partial charge in [-0.1, -0.05) is 18.6 Å². The number of hydrogen-bond acceptors (Lipinski definition) is 3. The minimum atomic E-state index is 0.184. The van der Waals surface area contributed by atoms with Gasteiger partial charge in [-0.05, 0) is 58.0 Å². The summed E-state index contributed by atoms with van der Waals surface area (Å²) in [6, 6.07) is 8.95. The number of nitrogens with one attached hydrogen (secondary N) is 1. The second-order valence-corrected chi connectivity index (χ2v) is 6.60. The number of amides is 1. The molecule has 1 aliphatic rings. The summed E-state index contributed by atoms with van der Waals surface area (Å²) in [5.74, 6) is 0.184. The van der Waals surface area contributed by atoms with Gasteiger partial charge in [-0.15, -0.1) is 0 Å². The summed E-state index contributed by atoms with van der Waals surface area (Å²) in [6.45, 7) is 7.89. The molecule has 1 amide bonds. The summed E-state index contributed by atoms with van der Waals surface area (Å²) in [7, 11) is 2.13. The van der Waals surface area contributed by atoms with Crippen LogP contribution in [0, 0.1) is 6.92 Å². The van der Waals surface area contributed by atoms with Gasteiger partial charge in [-0.3, -0.25) is 4.79 Å². The van der Waals surface area contributed by atoms with Crippen molar-refractivity contribution in [2.75, 3.05) is 38.1 Å². The smallest absolute Gasteiger partial charge is 0.221 e. The lowest BCUT2D eigenvalue weighted by Crippen LogP contribution is -2.41.